The minimum absolute atomic E-state index is 0.0407. The number of hydrogen-bond acceptors (Lipinski definition) is 3. The van der Waals surface area contributed by atoms with E-state index in [1.165, 1.54) is 0 Å². The van der Waals surface area contributed by atoms with Crippen LogP contribution < -0.4 is 5.32 Å². The van der Waals surface area contributed by atoms with Crippen molar-refractivity contribution in [3.8, 4) is 0 Å². The minimum atomic E-state index is -0.0407. The number of rotatable bonds is 3. The van der Waals surface area contributed by atoms with Crippen molar-refractivity contribution in [3.05, 3.63) is 56.5 Å². The first-order chi connectivity index (χ1) is 10.1. The maximum absolute atomic E-state index is 6.31. The molecule has 2 aromatic carbocycles. The van der Waals surface area contributed by atoms with Crippen LogP contribution in [0.25, 0.3) is 10.2 Å². The molecule has 0 fully saturated rings. The fraction of sp³-hybridized carbons (Fsp3) is 0.133. The predicted molar refractivity (Wildman–Crippen MR) is 93.1 cm³/mol. The number of benzene rings is 2. The second-order valence-electron chi connectivity index (χ2n) is 4.63. The minimum Gasteiger partial charge on any atom is -0.375 e. The Labute approximate surface area is 141 Å². The molecule has 3 rings (SSSR count). The Morgan fingerprint density at radius 2 is 1.90 bits per heavy atom. The molecule has 1 N–H and O–H groups in total. The quantitative estimate of drug-likeness (QED) is 0.584. The van der Waals surface area contributed by atoms with Gasteiger partial charge in [-0.05, 0) is 30.7 Å². The molecule has 0 saturated heterocycles. The lowest BCUT2D eigenvalue weighted by Crippen LogP contribution is -2.08. The van der Waals surface area contributed by atoms with Crippen LogP contribution in [0.15, 0.2) is 35.8 Å². The van der Waals surface area contributed by atoms with Crippen molar-refractivity contribution in [2.75, 3.05) is 5.32 Å². The normalized spacial score (nSPS) is 12.6. The van der Waals surface area contributed by atoms with Crippen molar-refractivity contribution in [1.29, 1.82) is 0 Å². The summed E-state index contributed by atoms with van der Waals surface area (Å²) in [5, 5.41) is 5.13. The van der Waals surface area contributed by atoms with Crippen molar-refractivity contribution in [3.63, 3.8) is 0 Å². The van der Waals surface area contributed by atoms with E-state index in [0.717, 1.165) is 21.5 Å². The van der Waals surface area contributed by atoms with Crippen LogP contribution in [0.5, 0.6) is 0 Å². The van der Waals surface area contributed by atoms with Gasteiger partial charge in [0.1, 0.15) is 5.52 Å². The highest BCUT2D eigenvalue weighted by atomic mass is 35.5. The zero-order valence-corrected chi connectivity index (χ0v) is 14.1. The number of hydrogen-bond donors (Lipinski definition) is 1. The Hall–Kier alpha value is -1.000. The standard InChI is InChI=1S/C15H11Cl3N2S/c1-8(9-3-2-4-10(16)13(9)18)20-14-11(17)5-6-12-15(14)19-7-21-12/h2-8,20H,1H3. The van der Waals surface area contributed by atoms with Gasteiger partial charge in [0.2, 0.25) is 0 Å². The molecule has 0 aliphatic rings. The summed E-state index contributed by atoms with van der Waals surface area (Å²) >= 11 is 20.2. The average Bonchev–Trinajstić information content (AvgIpc) is 2.93. The van der Waals surface area contributed by atoms with Gasteiger partial charge >= 0.3 is 0 Å². The van der Waals surface area contributed by atoms with E-state index in [-0.39, 0.29) is 6.04 Å². The van der Waals surface area contributed by atoms with E-state index in [1.807, 2.05) is 36.7 Å². The summed E-state index contributed by atoms with van der Waals surface area (Å²) in [7, 11) is 0. The fourth-order valence-electron chi connectivity index (χ4n) is 2.19. The van der Waals surface area contributed by atoms with Crippen molar-refractivity contribution in [1.82, 2.24) is 4.98 Å². The average molecular weight is 358 g/mol. The number of halogens is 3. The first-order valence-electron chi connectivity index (χ1n) is 6.30. The Morgan fingerprint density at radius 3 is 2.71 bits per heavy atom. The lowest BCUT2D eigenvalue weighted by atomic mass is 10.1. The van der Waals surface area contributed by atoms with Crippen molar-refractivity contribution < 1.29 is 0 Å². The molecule has 0 bridgehead atoms. The van der Waals surface area contributed by atoms with Crippen molar-refractivity contribution in [2.45, 2.75) is 13.0 Å². The third-order valence-electron chi connectivity index (χ3n) is 3.26. The summed E-state index contributed by atoms with van der Waals surface area (Å²) in [6, 6.07) is 9.40. The zero-order valence-electron chi connectivity index (χ0n) is 11.0. The summed E-state index contributed by atoms with van der Waals surface area (Å²) in [6.45, 7) is 2.01. The van der Waals surface area contributed by atoms with Gasteiger partial charge < -0.3 is 5.32 Å². The van der Waals surface area contributed by atoms with E-state index in [1.54, 1.807) is 17.4 Å². The zero-order chi connectivity index (χ0) is 15.0. The number of anilines is 1. The van der Waals surface area contributed by atoms with Crippen LogP contribution in [0.4, 0.5) is 5.69 Å². The van der Waals surface area contributed by atoms with Crippen LogP contribution in [0, 0.1) is 0 Å². The topological polar surface area (TPSA) is 24.9 Å². The largest absolute Gasteiger partial charge is 0.375 e. The van der Waals surface area contributed by atoms with E-state index < -0.39 is 0 Å². The van der Waals surface area contributed by atoms with Crippen LogP contribution in [0.1, 0.15) is 18.5 Å². The van der Waals surface area contributed by atoms with Gasteiger partial charge in [-0.15, -0.1) is 11.3 Å². The van der Waals surface area contributed by atoms with Crippen LogP contribution in [-0.2, 0) is 0 Å². The molecule has 0 amide bonds. The van der Waals surface area contributed by atoms with Crippen LogP contribution in [0.2, 0.25) is 15.1 Å². The van der Waals surface area contributed by atoms with Gasteiger partial charge in [0, 0.05) is 0 Å². The van der Waals surface area contributed by atoms with E-state index in [4.69, 9.17) is 34.8 Å². The second kappa shape index (κ2) is 6.01. The van der Waals surface area contributed by atoms with Crippen molar-refractivity contribution in [2.24, 2.45) is 0 Å². The molecular weight excluding hydrogens is 347 g/mol. The molecule has 0 aliphatic carbocycles. The molecular formula is C15H11Cl3N2S. The van der Waals surface area contributed by atoms with Gasteiger partial charge in [-0.2, -0.15) is 0 Å². The molecule has 0 aliphatic heterocycles. The Bertz CT molecular complexity index is 801. The van der Waals surface area contributed by atoms with E-state index in [0.29, 0.717) is 15.1 Å². The first kappa shape index (κ1) is 14.9. The number of aromatic nitrogens is 1. The summed E-state index contributed by atoms with van der Waals surface area (Å²) < 4.78 is 1.09. The molecule has 1 aromatic heterocycles. The lowest BCUT2D eigenvalue weighted by Gasteiger charge is -2.18. The molecule has 1 atom stereocenters. The second-order valence-corrected chi connectivity index (χ2v) is 6.71. The Kier molecular flexibility index (Phi) is 4.27. The highest BCUT2D eigenvalue weighted by Crippen LogP contribution is 2.36. The molecule has 0 radical (unpaired) electrons. The fourth-order valence-corrected chi connectivity index (χ4v) is 3.56. The van der Waals surface area contributed by atoms with Crippen LogP contribution in [0.3, 0.4) is 0 Å². The molecule has 0 spiro atoms. The lowest BCUT2D eigenvalue weighted by molar-refractivity contribution is 0.886. The van der Waals surface area contributed by atoms with E-state index in [2.05, 4.69) is 10.3 Å². The van der Waals surface area contributed by atoms with E-state index in [9.17, 15) is 0 Å². The van der Waals surface area contributed by atoms with Gasteiger partial charge in [-0.25, -0.2) is 4.98 Å². The summed E-state index contributed by atoms with van der Waals surface area (Å²) in [5.74, 6) is 0. The smallest absolute Gasteiger partial charge is 0.106 e. The Balaban J connectivity index is 2.00. The summed E-state index contributed by atoms with van der Waals surface area (Å²) in [4.78, 5) is 4.38. The molecule has 0 saturated carbocycles. The van der Waals surface area contributed by atoms with Gasteiger partial charge in [0.25, 0.3) is 0 Å². The molecule has 108 valence electrons. The predicted octanol–water partition coefficient (Wildman–Crippen LogP) is 6.43. The van der Waals surface area contributed by atoms with Crippen LogP contribution >= 0.6 is 46.1 Å². The summed E-state index contributed by atoms with van der Waals surface area (Å²) in [6.07, 6.45) is 0. The van der Waals surface area contributed by atoms with Gasteiger partial charge in [-0.1, -0.05) is 46.9 Å². The molecule has 1 unspecified atom stereocenters. The van der Waals surface area contributed by atoms with Gasteiger partial charge in [0.05, 0.1) is 37.0 Å². The number of fused-ring (bicyclic) bond motifs is 1. The third kappa shape index (κ3) is 2.84. The highest BCUT2D eigenvalue weighted by Gasteiger charge is 2.15. The van der Waals surface area contributed by atoms with Gasteiger partial charge in [0.15, 0.2) is 0 Å². The number of thiazole rings is 1. The van der Waals surface area contributed by atoms with Gasteiger partial charge in [-0.3, -0.25) is 0 Å². The molecule has 2 nitrogen and oxygen atoms in total. The highest BCUT2D eigenvalue weighted by molar-refractivity contribution is 7.16. The number of nitrogens with zero attached hydrogens (tertiary/aromatic N) is 1. The van der Waals surface area contributed by atoms with Crippen molar-refractivity contribution >= 4 is 62.0 Å². The third-order valence-corrected chi connectivity index (χ3v) is 5.20. The Morgan fingerprint density at radius 1 is 1.10 bits per heavy atom. The molecule has 21 heavy (non-hydrogen) atoms. The van der Waals surface area contributed by atoms with E-state index >= 15 is 0 Å². The summed E-state index contributed by atoms with van der Waals surface area (Å²) in [5.41, 5.74) is 4.42. The number of nitrogens with one attached hydrogen (secondary N) is 1. The maximum Gasteiger partial charge on any atom is 0.106 e. The molecule has 1 heterocycles. The molecule has 3 aromatic rings. The SMILES string of the molecule is CC(Nc1c(Cl)ccc2scnc12)c1cccc(Cl)c1Cl. The first-order valence-corrected chi connectivity index (χ1v) is 8.31. The maximum atomic E-state index is 6.31. The monoisotopic (exact) mass is 356 g/mol. The van der Waals surface area contributed by atoms with Crippen LogP contribution in [-0.4, -0.2) is 4.98 Å². The molecule has 6 heteroatoms.